The SMILES string of the molecule is CC(C(=O)NC(N)=O)N1Cc2ccccc2-c2ccccc2C1. The highest BCUT2D eigenvalue weighted by atomic mass is 16.2. The maximum atomic E-state index is 12.1. The van der Waals surface area contributed by atoms with Gasteiger partial charge in [-0.1, -0.05) is 48.5 Å². The second-order valence-electron chi connectivity index (χ2n) is 5.75. The van der Waals surface area contributed by atoms with E-state index in [2.05, 4.69) is 29.6 Å². The van der Waals surface area contributed by atoms with Crippen LogP contribution in [-0.4, -0.2) is 22.9 Å². The number of rotatable bonds is 2. The first-order valence-electron chi connectivity index (χ1n) is 7.57. The number of amides is 3. The molecule has 0 saturated heterocycles. The van der Waals surface area contributed by atoms with Gasteiger partial charge in [-0.25, -0.2) is 4.79 Å². The molecule has 1 aliphatic rings. The second kappa shape index (κ2) is 6.22. The Balaban J connectivity index is 1.98. The van der Waals surface area contributed by atoms with Crippen molar-refractivity contribution in [2.75, 3.05) is 0 Å². The molecule has 1 unspecified atom stereocenters. The Morgan fingerprint density at radius 2 is 1.48 bits per heavy atom. The first-order chi connectivity index (χ1) is 11.1. The average Bonchev–Trinajstić information content (AvgIpc) is 2.70. The topological polar surface area (TPSA) is 75.4 Å². The van der Waals surface area contributed by atoms with Crippen molar-refractivity contribution in [3.05, 3.63) is 59.7 Å². The van der Waals surface area contributed by atoms with Gasteiger partial charge in [-0.05, 0) is 29.2 Å². The van der Waals surface area contributed by atoms with Gasteiger partial charge in [0, 0.05) is 13.1 Å². The molecule has 5 nitrogen and oxygen atoms in total. The van der Waals surface area contributed by atoms with Crippen molar-refractivity contribution in [3.8, 4) is 11.1 Å². The zero-order valence-corrected chi connectivity index (χ0v) is 13.0. The Kier molecular flexibility index (Phi) is 4.12. The fourth-order valence-corrected chi connectivity index (χ4v) is 3.00. The van der Waals surface area contributed by atoms with Crippen LogP contribution in [0, 0.1) is 0 Å². The molecule has 2 aromatic carbocycles. The lowest BCUT2D eigenvalue weighted by Crippen LogP contribution is -2.47. The van der Waals surface area contributed by atoms with Crippen LogP contribution in [0.2, 0.25) is 0 Å². The molecule has 0 saturated carbocycles. The maximum Gasteiger partial charge on any atom is 0.318 e. The van der Waals surface area contributed by atoms with Gasteiger partial charge in [0.1, 0.15) is 0 Å². The van der Waals surface area contributed by atoms with Gasteiger partial charge in [-0.15, -0.1) is 0 Å². The van der Waals surface area contributed by atoms with E-state index in [1.54, 1.807) is 6.92 Å². The maximum absolute atomic E-state index is 12.1. The molecule has 5 heteroatoms. The highest BCUT2D eigenvalue weighted by molar-refractivity contribution is 5.96. The number of imide groups is 1. The molecule has 0 aliphatic carbocycles. The van der Waals surface area contributed by atoms with Crippen LogP contribution in [0.5, 0.6) is 0 Å². The zero-order chi connectivity index (χ0) is 16.4. The molecule has 1 aliphatic heterocycles. The van der Waals surface area contributed by atoms with Crippen LogP contribution in [-0.2, 0) is 17.9 Å². The van der Waals surface area contributed by atoms with Gasteiger partial charge in [0.2, 0.25) is 5.91 Å². The Morgan fingerprint density at radius 3 is 1.96 bits per heavy atom. The molecule has 0 fully saturated rings. The Hall–Kier alpha value is -2.66. The first-order valence-corrected chi connectivity index (χ1v) is 7.57. The summed E-state index contributed by atoms with van der Waals surface area (Å²) in [4.78, 5) is 25.1. The number of primary amides is 1. The molecular weight excluding hydrogens is 290 g/mol. The van der Waals surface area contributed by atoms with Crippen LogP contribution in [0.4, 0.5) is 4.79 Å². The van der Waals surface area contributed by atoms with Crippen LogP contribution >= 0.6 is 0 Å². The van der Waals surface area contributed by atoms with Gasteiger partial charge in [0.05, 0.1) is 6.04 Å². The molecular formula is C18H19N3O2. The van der Waals surface area contributed by atoms with E-state index in [1.807, 2.05) is 29.2 Å². The number of urea groups is 1. The average molecular weight is 309 g/mol. The van der Waals surface area contributed by atoms with Gasteiger partial charge in [-0.2, -0.15) is 0 Å². The van der Waals surface area contributed by atoms with Crippen LogP contribution in [0.3, 0.4) is 0 Å². The van der Waals surface area contributed by atoms with E-state index < -0.39 is 12.1 Å². The van der Waals surface area contributed by atoms with Gasteiger partial charge >= 0.3 is 6.03 Å². The molecule has 1 heterocycles. The molecule has 0 aromatic heterocycles. The van der Waals surface area contributed by atoms with Crippen LogP contribution in [0.25, 0.3) is 11.1 Å². The zero-order valence-electron chi connectivity index (χ0n) is 13.0. The molecule has 1 atom stereocenters. The van der Waals surface area contributed by atoms with Crippen molar-refractivity contribution in [1.29, 1.82) is 0 Å². The fourth-order valence-electron chi connectivity index (χ4n) is 3.00. The number of benzene rings is 2. The summed E-state index contributed by atoms with van der Waals surface area (Å²) in [6.45, 7) is 3.06. The number of hydrogen-bond donors (Lipinski definition) is 2. The predicted molar refractivity (Wildman–Crippen MR) is 88.3 cm³/mol. The molecule has 3 amide bonds. The minimum absolute atomic E-state index is 0.380. The van der Waals surface area contributed by atoms with E-state index >= 15 is 0 Å². The Morgan fingerprint density at radius 1 is 1.00 bits per heavy atom. The van der Waals surface area contributed by atoms with E-state index in [0.29, 0.717) is 13.1 Å². The summed E-state index contributed by atoms with van der Waals surface area (Å²) >= 11 is 0. The van der Waals surface area contributed by atoms with E-state index in [-0.39, 0.29) is 5.91 Å². The highest BCUT2D eigenvalue weighted by Crippen LogP contribution is 2.33. The summed E-state index contributed by atoms with van der Waals surface area (Å²) in [6.07, 6.45) is 0. The quantitative estimate of drug-likeness (QED) is 0.893. The summed E-state index contributed by atoms with van der Waals surface area (Å²) in [5, 5.41) is 2.17. The fraction of sp³-hybridized carbons (Fsp3) is 0.222. The van der Waals surface area contributed by atoms with Gasteiger partial charge in [0.15, 0.2) is 0 Å². The number of hydrogen-bond acceptors (Lipinski definition) is 3. The monoisotopic (exact) mass is 309 g/mol. The summed E-state index contributed by atoms with van der Waals surface area (Å²) < 4.78 is 0. The van der Waals surface area contributed by atoms with Crippen molar-refractivity contribution in [2.45, 2.75) is 26.1 Å². The molecule has 0 spiro atoms. The van der Waals surface area contributed by atoms with Crippen molar-refractivity contribution in [1.82, 2.24) is 10.2 Å². The van der Waals surface area contributed by atoms with Gasteiger partial charge in [0.25, 0.3) is 0 Å². The number of carbonyl (C=O) groups excluding carboxylic acids is 2. The van der Waals surface area contributed by atoms with Crippen molar-refractivity contribution < 1.29 is 9.59 Å². The lowest BCUT2D eigenvalue weighted by molar-refractivity contribution is -0.125. The number of nitrogens with zero attached hydrogens (tertiary/aromatic N) is 1. The Labute approximate surface area is 135 Å². The third-order valence-corrected chi connectivity index (χ3v) is 4.25. The van der Waals surface area contributed by atoms with Crippen molar-refractivity contribution in [3.63, 3.8) is 0 Å². The summed E-state index contributed by atoms with van der Waals surface area (Å²) in [5.41, 5.74) is 9.76. The molecule has 118 valence electrons. The van der Waals surface area contributed by atoms with Crippen molar-refractivity contribution >= 4 is 11.9 Å². The van der Waals surface area contributed by atoms with E-state index in [4.69, 9.17) is 5.73 Å². The second-order valence-corrected chi connectivity index (χ2v) is 5.75. The lowest BCUT2D eigenvalue weighted by Gasteiger charge is -2.26. The standard InChI is InChI=1S/C18H19N3O2/c1-12(17(22)20-18(19)23)21-10-13-6-2-4-8-15(13)16-9-5-3-7-14(16)11-21/h2-9,12H,10-11H2,1H3,(H3,19,20,22,23). The van der Waals surface area contributed by atoms with E-state index in [0.717, 1.165) is 11.1 Å². The Bertz CT molecular complexity index is 710. The van der Waals surface area contributed by atoms with Crippen LogP contribution in [0.15, 0.2) is 48.5 Å². The molecule has 23 heavy (non-hydrogen) atoms. The predicted octanol–water partition coefficient (Wildman–Crippen LogP) is 2.25. The minimum Gasteiger partial charge on any atom is -0.351 e. The lowest BCUT2D eigenvalue weighted by atomic mass is 9.97. The first kappa shape index (κ1) is 15.2. The van der Waals surface area contributed by atoms with Gasteiger partial charge < -0.3 is 5.73 Å². The summed E-state index contributed by atoms with van der Waals surface area (Å²) in [5.74, 6) is -0.380. The smallest absolute Gasteiger partial charge is 0.318 e. The summed E-state index contributed by atoms with van der Waals surface area (Å²) in [6, 6.07) is 15.1. The molecule has 0 radical (unpaired) electrons. The third kappa shape index (κ3) is 3.10. The number of nitrogens with one attached hydrogen (secondary N) is 1. The van der Waals surface area contributed by atoms with Crippen LogP contribution < -0.4 is 11.1 Å². The number of fused-ring (bicyclic) bond motifs is 3. The highest BCUT2D eigenvalue weighted by Gasteiger charge is 2.26. The normalized spacial score (nSPS) is 15.0. The van der Waals surface area contributed by atoms with Gasteiger partial charge in [-0.3, -0.25) is 15.0 Å². The third-order valence-electron chi connectivity index (χ3n) is 4.25. The number of carbonyl (C=O) groups is 2. The number of nitrogens with two attached hydrogens (primary N) is 1. The molecule has 3 N–H and O–H groups in total. The van der Waals surface area contributed by atoms with Crippen molar-refractivity contribution in [2.24, 2.45) is 5.73 Å². The molecule has 3 rings (SSSR count). The van der Waals surface area contributed by atoms with E-state index in [1.165, 1.54) is 11.1 Å². The molecule has 2 aromatic rings. The molecule has 0 bridgehead atoms. The van der Waals surface area contributed by atoms with E-state index in [9.17, 15) is 9.59 Å². The van der Waals surface area contributed by atoms with Crippen LogP contribution in [0.1, 0.15) is 18.1 Å². The summed E-state index contributed by atoms with van der Waals surface area (Å²) in [7, 11) is 0. The minimum atomic E-state index is -0.822. The largest absolute Gasteiger partial charge is 0.351 e.